The molecule has 0 unspecified atom stereocenters. The maximum atomic E-state index is 6.56. The first-order valence-electron chi connectivity index (χ1n) is 18.9. The van der Waals surface area contributed by atoms with E-state index in [2.05, 4.69) is 127 Å². The SMILES string of the molecule is N/C(=N\c1ccccc1Cc1cccc(-c2ccccc2-c2ccccc2-c2cccc(/C(=N/Cc3ccccc3)c3ccccc3N)c2)c1)c1ccccc1. The van der Waals surface area contributed by atoms with Gasteiger partial charge in [-0.1, -0.05) is 188 Å². The Morgan fingerprint density at radius 2 is 0.982 bits per heavy atom. The molecule has 0 aliphatic heterocycles. The van der Waals surface area contributed by atoms with E-state index in [0.717, 1.165) is 73.5 Å². The molecule has 0 radical (unpaired) electrons. The van der Waals surface area contributed by atoms with Gasteiger partial charge in [-0.2, -0.15) is 0 Å². The molecule has 0 fully saturated rings. The minimum absolute atomic E-state index is 0.504. The van der Waals surface area contributed by atoms with Gasteiger partial charge in [-0.15, -0.1) is 0 Å². The van der Waals surface area contributed by atoms with E-state index in [-0.39, 0.29) is 0 Å². The van der Waals surface area contributed by atoms with Gasteiger partial charge in [0, 0.05) is 22.4 Å². The average Bonchev–Trinajstić information content (AvgIpc) is 3.26. The lowest BCUT2D eigenvalue weighted by Crippen LogP contribution is -2.12. The lowest BCUT2D eigenvalue weighted by molar-refractivity contribution is 1.07. The van der Waals surface area contributed by atoms with Crippen molar-refractivity contribution in [3.05, 3.63) is 240 Å². The summed E-state index contributed by atoms with van der Waals surface area (Å²) in [4.78, 5) is 10.0. The van der Waals surface area contributed by atoms with Crippen molar-refractivity contribution >= 4 is 22.9 Å². The van der Waals surface area contributed by atoms with Gasteiger partial charge in [-0.25, -0.2) is 4.99 Å². The predicted molar refractivity (Wildman–Crippen MR) is 235 cm³/mol. The molecule has 4 N–H and O–H groups in total. The minimum atomic E-state index is 0.504. The standard InChI is InChI=1S/C52H42N4/c53-49-31-13-12-30-48(49)51(55-36-37-17-3-1-4-18-37)43-25-16-24-41(35-43)45-27-9-11-29-47(45)46-28-10-8-26-44(46)40-23-15-19-38(33-40)34-42-22-7-14-32-50(42)56-52(54)39-20-5-2-6-21-39/h1-33,35H,34,36,53H2,(H2,54,56)/b55-51-. The topological polar surface area (TPSA) is 76.8 Å². The zero-order valence-electron chi connectivity index (χ0n) is 31.1. The van der Waals surface area contributed by atoms with Crippen molar-refractivity contribution < 1.29 is 0 Å². The molecule has 4 heteroatoms. The summed E-state index contributed by atoms with van der Waals surface area (Å²) in [6.07, 6.45) is 0.723. The second-order valence-electron chi connectivity index (χ2n) is 13.8. The number of benzene rings is 8. The fourth-order valence-corrected chi connectivity index (χ4v) is 7.21. The van der Waals surface area contributed by atoms with Crippen molar-refractivity contribution in [2.45, 2.75) is 13.0 Å². The summed E-state index contributed by atoms with van der Waals surface area (Å²) in [7, 11) is 0. The molecular formula is C52H42N4. The Hall–Kier alpha value is -7.30. The zero-order valence-corrected chi connectivity index (χ0v) is 31.1. The van der Waals surface area contributed by atoms with Crippen LogP contribution in [0.15, 0.2) is 216 Å². The van der Waals surface area contributed by atoms with Crippen LogP contribution in [-0.2, 0) is 13.0 Å². The first-order chi connectivity index (χ1) is 27.6. The predicted octanol–water partition coefficient (Wildman–Crippen LogP) is 11.9. The molecule has 0 atom stereocenters. The highest BCUT2D eigenvalue weighted by Gasteiger charge is 2.16. The Balaban J connectivity index is 1.14. The Bertz CT molecular complexity index is 2660. The van der Waals surface area contributed by atoms with Crippen LogP contribution in [0, 0.1) is 0 Å². The average molecular weight is 723 g/mol. The molecule has 56 heavy (non-hydrogen) atoms. The number of amidine groups is 1. The molecule has 270 valence electrons. The molecule has 4 nitrogen and oxygen atoms in total. The molecule has 8 aromatic rings. The van der Waals surface area contributed by atoms with Gasteiger partial charge in [0.2, 0.25) is 0 Å². The largest absolute Gasteiger partial charge is 0.398 e. The van der Waals surface area contributed by atoms with Crippen LogP contribution in [0.5, 0.6) is 0 Å². The first-order valence-corrected chi connectivity index (χ1v) is 18.9. The van der Waals surface area contributed by atoms with Gasteiger partial charge < -0.3 is 11.5 Å². The molecular weight excluding hydrogens is 681 g/mol. The molecule has 0 aliphatic carbocycles. The maximum absolute atomic E-state index is 6.56. The third-order valence-corrected chi connectivity index (χ3v) is 10.0. The van der Waals surface area contributed by atoms with Crippen molar-refractivity contribution in [3.8, 4) is 33.4 Å². The van der Waals surface area contributed by atoms with Crippen molar-refractivity contribution in [2.24, 2.45) is 15.7 Å². The van der Waals surface area contributed by atoms with Gasteiger partial charge in [0.15, 0.2) is 0 Å². The summed E-state index contributed by atoms with van der Waals surface area (Å²) in [5, 5.41) is 0. The second-order valence-corrected chi connectivity index (χ2v) is 13.8. The summed E-state index contributed by atoms with van der Waals surface area (Å²) in [6.45, 7) is 0.554. The molecule has 0 aromatic heterocycles. The van der Waals surface area contributed by atoms with E-state index in [1.807, 2.05) is 78.9 Å². The lowest BCUT2D eigenvalue weighted by Gasteiger charge is -2.17. The highest BCUT2D eigenvalue weighted by molar-refractivity contribution is 6.16. The van der Waals surface area contributed by atoms with Gasteiger partial charge in [-0.05, 0) is 74.7 Å². The van der Waals surface area contributed by atoms with Crippen LogP contribution in [0.3, 0.4) is 0 Å². The minimum Gasteiger partial charge on any atom is -0.398 e. The number of nitrogens with two attached hydrogens (primary N) is 2. The van der Waals surface area contributed by atoms with Crippen LogP contribution >= 0.6 is 0 Å². The van der Waals surface area contributed by atoms with E-state index in [4.69, 9.17) is 21.5 Å². The van der Waals surface area contributed by atoms with Crippen molar-refractivity contribution in [1.29, 1.82) is 0 Å². The smallest absolute Gasteiger partial charge is 0.131 e. The molecule has 0 spiro atoms. The van der Waals surface area contributed by atoms with Crippen molar-refractivity contribution in [1.82, 2.24) is 0 Å². The van der Waals surface area contributed by atoms with E-state index in [0.29, 0.717) is 18.1 Å². The van der Waals surface area contributed by atoms with Gasteiger partial charge >= 0.3 is 0 Å². The molecule has 0 amide bonds. The number of hydrogen-bond donors (Lipinski definition) is 2. The van der Waals surface area contributed by atoms with Crippen LogP contribution < -0.4 is 11.5 Å². The Labute approximate surface area is 329 Å². The molecule has 8 rings (SSSR count). The number of aliphatic imine (C=N–C) groups is 2. The molecule has 0 bridgehead atoms. The molecule has 0 heterocycles. The summed E-state index contributed by atoms with van der Waals surface area (Å²) in [5.74, 6) is 0.504. The van der Waals surface area contributed by atoms with Crippen LogP contribution in [0.2, 0.25) is 0 Å². The van der Waals surface area contributed by atoms with E-state index < -0.39 is 0 Å². The number of nitrogens with zero attached hydrogens (tertiary/aromatic N) is 2. The number of hydrogen-bond acceptors (Lipinski definition) is 3. The molecule has 8 aromatic carbocycles. The highest BCUT2D eigenvalue weighted by Crippen LogP contribution is 2.39. The highest BCUT2D eigenvalue weighted by atomic mass is 14.9. The van der Waals surface area contributed by atoms with Crippen LogP contribution in [0.4, 0.5) is 11.4 Å². The van der Waals surface area contributed by atoms with Crippen LogP contribution in [-0.4, -0.2) is 11.5 Å². The van der Waals surface area contributed by atoms with Crippen LogP contribution in [0.1, 0.15) is 33.4 Å². The summed E-state index contributed by atoms with van der Waals surface area (Å²) < 4.78 is 0. The second kappa shape index (κ2) is 16.8. The van der Waals surface area contributed by atoms with Crippen molar-refractivity contribution in [2.75, 3.05) is 5.73 Å². The number of anilines is 1. The first kappa shape index (κ1) is 35.7. The quantitative estimate of drug-likeness (QED) is 0.0792. The Morgan fingerprint density at radius 1 is 0.446 bits per heavy atom. The number of rotatable bonds is 11. The van der Waals surface area contributed by atoms with E-state index in [1.54, 1.807) is 0 Å². The molecule has 0 saturated carbocycles. The van der Waals surface area contributed by atoms with Crippen molar-refractivity contribution in [3.63, 3.8) is 0 Å². The zero-order chi connectivity index (χ0) is 38.1. The van der Waals surface area contributed by atoms with Crippen LogP contribution in [0.25, 0.3) is 33.4 Å². The number of nitrogen functional groups attached to an aromatic ring is 1. The summed E-state index contributed by atoms with van der Waals surface area (Å²) in [5.41, 5.74) is 28.7. The lowest BCUT2D eigenvalue weighted by atomic mass is 9.88. The van der Waals surface area contributed by atoms with Gasteiger partial charge in [-0.3, -0.25) is 4.99 Å². The third-order valence-electron chi connectivity index (χ3n) is 10.0. The van der Waals surface area contributed by atoms with Gasteiger partial charge in [0.25, 0.3) is 0 Å². The Kier molecular flexibility index (Phi) is 10.7. The fraction of sp³-hybridized carbons (Fsp3) is 0.0385. The Morgan fingerprint density at radius 3 is 1.70 bits per heavy atom. The fourth-order valence-electron chi connectivity index (χ4n) is 7.21. The van der Waals surface area contributed by atoms with E-state index in [9.17, 15) is 0 Å². The number of para-hydroxylation sites is 2. The normalized spacial score (nSPS) is 11.7. The molecule has 0 aliphatic rings. The van der Waals surface area contributed by atoms with Gasteiger partial charge in [0.05, 0.1) is 17.9 Å². The maximum Gasteiger partial charge on any atom is 0.131 e. The monoisotopic (exact) mass is 722 g/mol. The summed E-state index contributed by atoms with van der Waals surface area (Å²) >= 11 is 0. The third kappa shape index (κ3) is 8.10. The van der Waals surface area contributed by atoms with Gasteiger partial charge in [0.1, 0.15) is 5.84 Å². The molecule has 0 saturated heterocycles. The van der Waals surface area contributed by atoms with E-state index in [1.165, 1.54) is 11.1 Å². The summed E-state index contributed by atoms with van der Waals surface area (Å²) in [6, 6.07) is 71.2. The van der Waals surface area contributed by atoms with E-state index >= 15 is 0 Å².